The van der Waals surface area contributed by atoms with Crippen LogP contribution in [0.1, 0.15) is 170 Å². The van der Waals surface area contributed by atoms with Crippen molar-refractivity contribution in [1.29, 1.82) is 0 Å². The monoisotopic (exact) mass is 773 g/mol. The van der Waals surface area contributed by atoms with E-state index in [1.54, 1.807) is 7.11 Å². The van der Waals surface area contributed by atoms with E-state index in [1.165, 1.54) is 84.5 Å². The Morgan fingerprint density at radius 2 is 0.741 bits per heavy atom. The summed E-state index contributed by atoms with van der Waals surface area (Å²) < 4.78 is 22.1. The van der Waals surface area contributed by atoms with E-state index in [-0.39, 0.29) is 16.8 Å². The largest absolute Gasteiger partial charge is 0.385 e. The van der Waals surface area contributed by atoms with E-state index in [1.807, 2.05) is 0 Å². The van der Waals surface area contributed by atoms with Crippen molar-refractivity contribution in [1.82, 2.24) is 19.6 Å². The fourth-order valence-corrected chi connectivity index (χ4v) is 5.76. The minimum atomic E-state index is -0.00671. The lowest BCUT2D eigenvalue weighted by atomic mass is 9.93. The van der Waals surface area contributed by atoms with Crippen LogP contribution in [0.2, 0.25) is 0 Å². The molecule has 0 N–H and O–H groups in total. The molecule has 0 aromatic carbocycles. The van der Waals surface area contributed by atoms with Crippen molar-refractivity contribution in [3.8, 4) is 0 Å². The molecule has 54 heavy (non-hydrogen) atoms. The van der Waals surface area contributed by atoms with E-state index in [2.05, 4.69) is 151 Å². The molecule has 0 unspecified atom stereocenters. The van der Waals surface area contributed by atoms with Crippen LogP contribution >= 0.6 is 0 Å². The van der Waals surface area contributed by atoms with E-state index in [9.17, 15) is 0 Å². The number of methoxy groups -OCH3 is 1. The van der Waals surface area contributed by atoms with Crippen molar-refractivity contribution in [3.05, 3.63) is 0 Å². The van der Waals surface area contributed by atoms with Gasteiger partial charge < -0.3 is 18.9 Å². The second-order valence-corrected chi connectivity index (χ2v) is 21.6. The van der Waals surface area contributed by atoms with Crippen LogP contribution in [0.15, 0.2) is 0 Å². The summed E-state index contributed by atoms with van der Waals surface area (Å²) in [4.78, 5) is 10.1. The molecule has 8 nitrogen and oxygen atoms in total. The molecule has 2 heterocycles. The summed E-state index contributed by atoms with van der Waals surface area (Å²) in [6, 6.07) is 0. The molecule has 0 radical (unpaired) electrons. The van der Waals surface area contributed by atoms with Gasteiger partial charge in [0.25, 0.3) is 0 Å². The molecule has 0 aromatic rings. The number of hydrogen-bond acceptors (Lipinski definition) is 8. The highest BCUT2D eigenvalue weighted by Crippen LogP contribution is 2.20. The third-order valence-corrected chi connectivity index (χ3v) is 9.37. The summed E-state index contributed by atoms with van der Waals surface area (Å²) in [7, 11) is 1.76. The highest BCUT2D eigenvalue weighted by Gasteiger charge is 2.27. The molecule has 0 bridgehead atoms. The summed E-state index contributed by atoms with van der Waals surface area (Å²) in [6.45, 7) is 56.7. The number of ether oxygens (including phenoxy) is 4. The molecule has 0 spiro atoms. The maximum Gasteiger partial charge on any atom is 0.0600 e. The summed E-state index contributed by atoms with van der Waals surface area (Å²) in [5.74, 6) is 0. The second-order valence-electron chi connectivity index (χ2n) is 21.6. The van der Waals surface area contributed by atoms with Gasteiger partial charge in [0.15, 0.2) is 0 Å². The Bertz CT molecular complexity index is 781. The van der Waals surface area contributed by atoms with Gasteiger partial charge in [0.05, 0.1) is 30.0 Å². The van der Waals surface area contributed by atoms with Crippen molar-refractivity contribution < 1.29 is 18.9 Å². The smallest absolute Gasteiger partial charge is 0.0600 e. The Hall–Kier alpha value is -0.320. The Kier molecular flexibility index (Phi) is 28.3. The van der Waals surface area contributed by atoms with Crippen LogP contribution in [0.25, 0.3) is 0 Å². The predicted octanol–water partition coefficient (Wildman–Crippen LogP) is 10.3. The van der Waals surface area contributed by atoms with Crippen LogP contribution in [0, 0.1) is 5.41 Å². The van der Waals surface area contributed by atoms with Crippen LogP contribution in [-0.2, 0) is 18.9 Å². The maximum absolute atomic E-state index is 5.77. The number of hydrogen-bond donors (Lipinski definition) is 0. The van der Waals surface area contributed by atoms with Crippen LogP contribution in [0.5, 0.6) is 0 Å². The van der Waals surface area contributed by atoms with Gasteiger partial charge in [-0.3, -0.25) is 19.6 Å². The molecule has 0 saturated carbocycles. The number of rotatable bonds is 14. The third-order valence-electron chi connectivity index (χ3n) is 9.37. The Labute approximate surface area is 340 Å². The molecule has 0 aromatic heterocycles. The van der Waals surface area contributed by atoms with Crippen molar-refractivity contribution >= 4 is 0 Å². The zero-order valence-corrected chi connectivity index (χ0v) is 40.6. The molecule has 2 fully saturated rings. The number of piperazine rings is 2. The molecular weight excluding hydrogens is 673 g/mol. The molecule has 0 atom stereocenters. The highest BCUT2D eigenvalue weighted by molar-refractivity contribution is 4.83. The molecule has 2 aliphatic heterocycles. The first-order valence-corrected chi connectivity index (χ1v) is 21.8. The topological polar surface area (TPSA) is 49.9 Å². The summed E-state index contributed by atoms with van der Waals surface area (Å²) in [6.07, 6.45) is 7.78. The number of unbranched alkanes of at least 4 members (excludes halogenated alkanes) is 4. The standard InChI is InChI=1S/2C14H30N2O.C10H22O.C8H18O/c2*1-13(2,3)16-9-7-15(8-10-16)11-12-17-14(4,5)6;1-9(2,3)7-8-11-10(4,5)6;1-3-4-5-6-7-8-9-2/h2*7-12H2,1-6H3;7-8H2,1-6H3;3-8H2,1-2H3. The maximum atomic E-state index is 5.77. The van der Waals surface area contributed by atoms with Gasteiger partial charge in [0, 0.05) is 96.8 Å². The molecule has 2 saturated heterocycles. The molecule has 0 amide bonds. The SMILES string of the molecule is CC(C)(C)CCOC(C)(C)C.CC(C)(C)OCCN1CCN(C(C)(C)C)CC1.CC(C)(C)OCCN1CCN(C(C)(C)C)CC1.CCCCCCCOC. The van der Waals surface area contributed by atoms with Crippen molar-refractivity contribution in [3.63, 3.8) is 0 Å². The molecule has 328 valence electrons. The quantitative estimate of drug-likeness (QED) is 0.162. The zero-order chi connectivity index (χ0) is 42.3. The molecule has 2 aliphatic rings. The van der Waals surface area contributed by atoms with Crippen LogP contribution < -0.4 is 0 Å². The van der Waals surface area contributed by atoms with E-state index in [0.717, 1.165) is 45.9 Å². The first-order valence-electron chi connectivity index (χ1n) is 21.8. The van der Waals surface area contributed by atoms with Crippen LogP contribution in [-0.4, -0.2) is 146 Å². The minimum absolute atomic E-state index is 0.00671. The zero-order valence-electron chi connectivity index (χ0n) is 40.6. The van der Waals surface area contributed by atoms with Gasteiger partial charge in [-0.05, 0) is 122 Å². The van der Waals surface area contributed by atoms with Crippen LogP contribution in [0.4, 0.5) is 0 Å². The van der Waals surface area contributed by atoms with Gasteiger partial charge in [-0.15, -0.1) is 0 Å². The molecule has 2 rings (SSSR count). The lowest BCUT2D eigenvalue weighted by Crippen LogP contribution is -2.53. The summed E-state index contributed by atoms with van der Waals surface area (Å²) >= 11 is 0. The van der Waals surface area contributed by atoms with Crippen molar-refractivity contribution in [2.45, 2.75) is 198 Å². The Morgan fingerprint density at radius 3 is 1.02 bits per heavy atom. The minimum Gasteiger partial charge on any atom is -0.385 e. The van der Waals surface area contributed by atoms with Gasteiger partial charge in [-0.25, -0.2) is 0 Å². The lowest BCUT2D eigenvalue weighted by molar-refractivity contribution is -0.0223. The Morgan fingerprint density at radius 1 is 0.407 bits per heavy atom. The first kappa shape index (κ1) is 55.8. The van der Waals surface area contributed by atoms with Gasteiger partial charge in [0.1, 0.15) is 0 Å². The van der Waals surface area contributed by atoms with E-state index in [0.29, 0.717) is 16.5 Å². The van der Waals surface area contributed by atoms with Crippen molar-refractivity contribution in [2.75, 3.05) is 99.0 Å². The highest BCUT2D eigenvalue weighted by atomic mass is 16.5. The van der Waals surface area contributed by atoms with Gasteiger partial charge in [-0.2, -0.15) is 0 Å². The molecule has 8 heteroatoms. The van der Waals surface area contributed by atoms with Gasteiger partial charge in [0.2, 0.25) is 0 Å². The predicted molar refractivity (Wildman–Crippen MR) is 237 cm³/mol. The first-order chi connectivity index (χ1) is 24.5. The van der Waals surface area contributed by atoms with Gasteiger partial charge in [-0.1, -0.05) is 53.4 Å². The van der Waals surface area contributed by atoms with Crippen molar-refractivity contribution in [2.24, 2.45) is 5.41 Å². The number of nitrogens with zero attached hydrogens (tertiary/aromatic N) is 4. The lowest BCUT2D eigenvalue weighted by Gasteiger charge is -2.42. The fraction of sp³-hybridized carbons (Fsp3) is 1.00. The average Bonchev–Trinajstić information content (AvgIpc) is 2.99. The van der Waals surface area contributed by atoms with Gasteiger partial charge >= 0.3 is 0 Å². The van der Waals surface area contributed by atoms with E-state index >= 15 is 0 Å². The summed E-state index contributed by atoms with van der Waals surface area (Å²) in [5.41, 5.74) is 1.03. The molecular formula is C46H100N4O4. The third kappa shape index (κ3) is 37.3. The van der Waals surface area contributed by atoms with Crippen LogP contribution in [0.3, 0.4) is 0 Å². The molecule has 0 aliphatic carbocycles. The normalized spacial score (nSPS) is 17.6. The van der Waals surface area contributed by atoms with E-state index < -0.39 is 0 Å². The Balaban J connectivity index is 0. The van der Waals surface area contributed by atoms with E-state index in [4.69, 9.17) is 18.9 Å². The second kappa shape index (κ2) is 27.4. The summed E-state index contributed by atoms with van der Waals surface area (Å²) in [5, 5.41) is 0. The average molecular weight is 773 g/mol. The fourth-order valence-electron chi connectivity index (χ4n) is 5.76.